The highest BCUT2D eigenvalue weighted by atomic mass is 79.9. The molecular weight excluding hydrogens is 298 g/mol. The van der Waals surface area contributed by atoms with Crippen LogP contribution in [0.2, 0.25) is 0 Å². The molecule has 1 aliphatic rings. The molecular formula is C13H14BrNO3. The Bertz CT molecular complexity index is 505. The summed E-state index contributed by atoms with van der Waals surface area (Å²) in [6, 6.07) is 3.81. The monoisotopic (exact) mass is 311 g/mol. The Kier molecular flexibility index (Phi) is 3.73. The normalized spacial score (nSPS) is 16.4. The van der Waals surface area contributed by atoms with Gasteiger partial charge in [0, 0.05) is 5.56 Å². The Morgan fingerprint density at radius 2 is 1.94 bits per heavy atom. The van der Waals surface area contributed by atoms with E-state index in [1.165, 1.54) is 0 Å². The average molecular weight is 312 g/mol. The van der Waals surface area contributed by atoms with Gasteiger partial charge in [-0.15, -0.1) is 0 Å². The average Bonchev–Trinajstić information content (AvgIpc) is 2.33. The van der Waals surface area contributed by atoms with E-state index < -0.39 is 5.54 Å². The number of aliphatic imine (C=N–C) groups is 1. The van der Waals surface area contributed by atoms with Crippen molar-refractivity contribution in [2.75, 3.05) is 14.2 Å². The van der Waals surface area contributed by atoms with Gasteiger partial charge in [-0.25, -0.2) is 4.79 Å². The topological polar surface area (TPSA) is 47.9 Å². The van der Waals surface area contributed by atoms with Gasteiger partial charge in [0.1, 0.15) is 5.54 Å². The number of carbonyl (C=O) groups excluding carboxylic acids is 1. The van der Waals surface area contributed by atoms with Crippen LogP contribution in [0.3, 0.4) is 0 Å². The molecule has 0 N–H and O–H groups in total. The van der Waals surface area contributed by atoms with E-state index in [1.54, 1.807) is 20.3 Å². The van der Waals surface area contributed by atoms with E-state index in [9.17, 15) is 4.79 Å². The number of benzene rings is 1. The molecule has 0 saturated heterocycles. The first-order chi connectivity index (χ1) is 8.68. The summed E-state index contributed by atoms with van der Waals surface area (Å²) in [6.07, 6.45) is 4.40. The lowest BCUT2D eigenvalue weighted by atomic mass is 9.72. The van der Waals surface area contributed by atoms with Gasteiger partial charge in [0.05, 0.1) is 18.7 Å². The summed E-state index contributed by atoms with van der Waals surface area (Å²) < 4.78 is 11.6. The van der Waals surface area contributed by atoms with Crippen LogP contribution < -0.4 is 9.47 Å². The lowest BCUT2D eigenvalue weighted by Crippen LogP contribution is -2.32. The lowest BCUT2D eigenvalue weighted by molar-refractivity contribution is 0.242. The van der Waals surface area contributed by atoms with Crippen molar-refractivity contribution in [3.63, 3.8) is 0 Å². The second-order valence-corrected chi connectivity index (χ2v) is 5.10. The van der Waals surface area contributed by atoms with Crippen LogP contribution in [-0.2, 0) is 10.3 Å². The van der Waals surface area contributed by atoms with Crippen LogP contribution in [0.25, 0.3) is 0 Å². The van der Waals surface area contributed by atoms with Crippen LogP contribution in [0.4, 0.5) is 0 Å². The summed E-state index contributed by atoms with van der Waals surface area (Å²) in [5.74, 6) is 1.26. The summed E-state index contributed by atoms with van der Waals surface area (Å²) in [5, 5.41) is 0. The van der Waals surface area contributed by atoms with E-state index >= 15 is 0 Å². The number of hydrogen-bond donors (Lipinski definition) is 0. The van der Waals surface area contributed by atoms with Crippen LogP contribution >= 0.6 is 15.9 Å². The van der Waals surface area contributed by atoms with E-state index in [2.05, 4.69) is 20.9 Å². The minimum Gasteiger partial charge on any atom is -0.492 e. The molecule has 0 aromatic heterocycles. The molecule has 18 heavy (non-hydrogen) atoms. The molecule has 0 unspecified atom stereocenters. The second kappa shape index (κ2) is 5.12. The highest BCUT2D eigenvalue weighted by Crippen LogP contribution is 2.51. The fraction of sp³-hybridized carbons (Fsp3) is 0.462. The molecule has 1 saturated carbocycles. The predicted molar refractivity (Wildman–Crippen MR) is 70.9 cm³/mol. The smallest absolute Gasteiger partial charge is 0.235 e. The van der Waals surface area contributed by atoms with Crippen molar-refractivity contribution in [1.82, 2.24) is 0 Å². The van der Waals surface area contributed by atoms with Crippen LogP contribution in [-0.4, -0.2) is 20.3 Å². The van der Waals surface area contributed by atoms with E-state index in [0.29, 0.717) is 11.5 Å². The molecule has 4 nitrogen and oxygen atoms in total. The molecule has 0 spiro atoms. The molecule has 96 valence electrons. The van der Waals surface area contributed by atoms with Gasteiger partial charge < -0.3 is 9.47 Å². The fourth-order valence-electron chi connectivity index (χ4n) is 2.34. The van der Waals surface area contributed by atoms with Gasteiger partial charge in [0.25, 0.3) is 0 Å². The first kappa shape index (κ1) is 13.1. The molecule has 1 fully saturated rings. The zero-order valence-corrected chi connectivity index (χ0v) is 11.9. The van der Waals surface area contributed by atoms with Gasteiger partial charge in [-0.2, -0.15) is 4.99 Å². The van der Waals surface area contributed by atoms with Crippen molar-refractivity contribution < 1.29 is 14.3 Å². The Labute approximate surface area is 114 Å². The maximum Gasteiger partial charge on any atom is 0.235 e. The molecule has 5 heteroatoms. The molecule has 0 heterocycles. The van der Waals surface area contributed by atoms with Gasteiger partial charge in [0.15, 0.2) is 11.5 Å². The van der Waals surface area contributed by atoms with Crippen molar-refractivity contribution in [1.29, 1.82) is 0 Å². The summed E-state index contributed by atoms with van der Waals surface area (Å²) in [4.78, 5) is 14.6. The Balaban J connectivity index is 2.60. The Morgan fingerprint density at radius 3 is 2.39 bits per heavy atom. The zero-order valence-electron chi connectivity index (χ0n) is 10.3. The molecule has 0 aliphatic heterocycles. The molecule has 0 amide bonds. The summed E-state index contributed by atoms with van der Waals surface area (Å²) in [7, 11) is 3.17. The molecule has 0 atom stereocenters. The molecule has 0 bridgehead atoms. The summed E-state index contributed by atoms with van der Waals surface area (Å²) in [5.41, 5.74) is 0.404. The first-order valence-corrected chi connectivity index (χ1v) is 6.48. The molecule has 1 aromatic rings. The SMILES string of the molecule is COc1c(Br)ccc(C2(N=C=O)CCC2)c1OC. The highest BCUT2D eigenvalue weighted by molar-refractivity contribution is 9.10. The largest absolute Gasteiger partial charge is 0.492 e. The minimum atomic E-state index is -0.485. The number of isocyanates is 1. The van der Waals surface area contributed by atoms with E-state index in [4.69, 9.17) is 9.47 Å². The molecule has 1 aromatic carbocycles. The van der Waals surface area contributed by atoms with Gasteiger partial charge in [-0.3, -0.25) is 0 Å². The van der Waals surface area contributed by atoms with Crippen LogP contribution in [0.5, 0.6) is 11.5 Å². The summed E-state index contributed by atoms with van der Waals surface area (Å²) >= 11 is 3.41. The first-order valence-electron chi connectivity index (χ1n) is 5.68. The third-order valence-corrected chi connectivity index (χ3v) is 4.04. The van der Waals surface area contributed by atoms with Crippen LogP contribution in [0.1, 0.15) is 24.8 Å². The number of nitrogens with zero attached hydrogens (tertiary/aromatic N) is 1. The van der Waals surface area contributed by atoms with E-state index in [0.717, 1.165) is 29.3 Å². The number of hydrogen-bond acceptors (Lipinski definition) is 4. The fourth-order valence-corrected chi connectivity index (χ4v) is 2.81. The lowest BCUT2D eigenvalue weighted by Gasteiger charge is -2.38. The predicted octanol–water partition coefficient (Wildman–Crippen LogP) is 3.18. The van der Waals surface area contributed by atoms with E-state index in [1.807, 2.05) is 12.1 Å². The van der Waals surface area contributed by atoms with Crippen molar-refractivity contribution in [2.45, 2.75) is 24.8 Å². The van der Waals surface area contributed by atoms with Gasteiger partial charge in [-0.05, 0) is 41.3 Å². The molecule has 2 rings (SSSR count). The summed E-state index contributed by atoms with van der Waals surface area (Å²) in [6.45, 7) is 0. The quantitative estimate of drug-likeness (QED) is 0.634. The third kappa shape index (κ3) is 1.93. The number of ether oxygens (including phenoxy) is 2. The van der Waals surface area contributed by atoms with Gasteiger partial charge in [0.2, 0.25) is 6.08 Å². The van der Waals surface area contributed by atoms with Gasteiger partial charge >= 0.3 is 0 Å². The minimum absolute atomic E-state index is 0.485. The van der Waals surface area contributed by atoms with Crippen LogP contribution in [0.15, 0.2) is 21.6 Å². The van der Waals surface area contributed by atoms with Crippen molar-refractivity contribution in [3.05, 3.63) is 22.2 Å². The maximum atomic E-state index is 10.6. The Morgan fingerprint density at radius 1 is 1.28 bits per heavy atom. The number of halogens is 1. The van der Waals surface area contributed by atoms with Crippen molar-refractivity contribution in [3.8, 4) is 11.5 Å². The highest BCUT2D eigenvalue weighted by Gasteiger charge is 2.42. The molecule has 0 radical (unpaired) electrons. The van der Waals surface area contributed by atoms with Gasteiger partial charge in [-0.1, -0.05) is 6.07 Å². The standard InChI is InChI=1S/C13H14BrNO3/c1-17-11-9(4-5-10(14)12(11)18-2)13(15-8-16)6-3-7-13/h4-5H,3,6-7H2,1-2H3. The van der Waals surface area contributed by atoms with Crippen molar-refractivity contribution in [2.24, 2.45) is 4.99 Å². The van der Waals surface area contributed by atoms with Crippen LogP contribution in [0, 0.1) is 0 Å². The number of rotatable bonds is 4. The zero-order chi connectivity index (χ0) is 13.2. The number of methoxy groups -OCH3 is 2. The van der Waals surface area contributed by atoms with Crippen molar-refractivity contribution >= 4 is 22.0 Å². The third-order valence-electron chi connectivity index (χ3n) is 3.41. The van der Waals surface area contributed by atoms with E-state index in [-0.39, 0.29) is 0 Å². The molecule has 1 aliphatic carbocycles. The maximum absolute atomic E-state index is 10.6. The Hall–Kier alpha value is -1.32. The second-order valence-electron chi connectivity index (χ2n) is 4.25.